The van der Waals surface area contributed by atoms with E-state index in [9.17, 15) is 9.59 Å². The fraction of sp³-hybridized carbons (Fsp3) is 0.676. The number of alkyl halides is 1. The van der Waals surface area contributed by atoms with Gasteiger partial charge in [-0.2, -0.15) is 0 Å². The highest BCUT2D eigenvalue weighted by molar-refractivity contribution is 6.74. The number of esters is 1. The molecule has 0 radical (unpaired) electrons. The Morgan fingerprint density at radius 2 is 1.60 bits per heavy atom. The van der Waals surface area contributed by atoms with E-state index in [1.807, 2.05) is 18.2 Å². The summed E-state index contributed by atoms with van der Waals surface area (Å²) in [6, 6.07) is 0. The van der Waals surface area contributed by atoms with Crippen molar-refractivity contribution in [2.75, 3.05) is 7.11 Å². The van der Waals surface area contributed by atoms with Gasteiger partial charge in [0.1, 0.15) is 0 Å². The van der Waals surface area contributed by atoms with E-state index in [-0.39, 0.29) is 48.8 Å². The van der Waals surface area contributed by atoms with E-state index >= 15 is 4.39 Å². The number of unbranched alkanes of at least 4 members (excludes halogenated alkanes) is 2. The first-order valence-corrected chi connectivity index (χ1v) is 20.1. The lowest BCUT2D eigenvalue weighted by atomic mass is 9.86. The first-order valence-electron chi connectivity index (χ1n) is 17.2. The number of ether oxygens (including phenoxy) is 5. The molecular formula is C37H57FO8Si. The lowest BCUT2D eigenvalue weighted by Crippen LogP contribution is -2.43. The second-order valence-corrected chi connectivity index (χ2v) is 18.9. The van der Waals surface area contributed by atoms with Gasteiger partial charge in [-0.25, -0.2) is 4.39 Å². The SMILES string of the molecule is CCCCCC(/C=C/C1[C@@H](CC(=O)C(F)CCCC(=O)OC)[C@@H](O[C@@H]2C=CC=CO2)C[C@H]1O[C@@H]1C=CC=CO1)O[Si](C)(C)C(C)(C)C. The van der Waals surface area contributed by atoms with E-state index in [0.29, 0.717) is 6.42 Å². The highest BCUT2D eigenvalue weighted by Gasteiger charge is 2.47. The minimum atomic E-state index is -2.09. The number of hydrogen-bond acceptors (Lipinski definition) is 8. The third-order valence-corrected chi connectivity index (χ3v) is 14.1. The van der Waals surface area contributed by atoms with Gasteiger partial charge < -0.3 is 28.1 Å². The van der Waals surface area contributed by atoms with Crippen LogP contribution in [0.15, 0.2) is 61.1 Å². The predicted octanol–water partition coefficient (Wildman–Crippen LogP) is 8.41. The van der Waals surface area contributed by atoms with Crippen LogP contribution in [0.4, 0.5) is 4.39 Å². The van der Waals surface area contributed by atoms with Gasteiger partial charge in [-0.05, 0) is 61.7 Å². The number of carbonyl (C=O) groups excluding carboxylic acids is 2. The molecule has 3 aliphatic rings. The number of ketones is 1. The lowest BCUT2D eigenvalue weighted by molar-refractivity contribution is -0.141. The molecule has 47 heavy (non-hydrogen) atoms. The van der Waals surface area contributed by atoms with E-state index in [0.717, 1.165) is 25.7 Å². The molecular weight excluding hydrogens is 619 g/mol. The van der Waals surface area contributed by atoms with Crippen molar-refractivity contribution in [3.8, 4) is 0 Å². The summed E-state index contributed by atoms with van der Waals surface area (Å²) >= 11 is 0. The van der Waals surface area contributed by atoms with Crippen LogP contribution >= 0.6 is 0 Å². The van der Waals surface area contributed by atoms with Crippen LogP contribution in [0, 0.1) is 11.8 Å². The first-order chi connectivity index (χ1) is 22.3. The summed E-state index contributed by atoms with van der Waals surface area (Å²) in [6.45, 7) is 13.4. The molecule has 1 aliphatic carbocycles. The van der Waals surface area contributed by atoms with Crippen molar-refractivity contribution in [1.29, 1.82) is 0 Å². The molecule has 2 heterocycles. The Morgan fingerprint density at radius 1 is 0.957 bits per heavy atom. The molecule has 3 rings (SSSR count). The van der Waals surface area contributed by atoms with Crippen LogP contribution in [0.3, 0.4) is 0 Å². The molecule has 1 fully saturated rings. The van der Waals surface area contributed by atoms with Crippen LogP contribution in [0.1, 0.15) is 85.5 Å². The van der Waals surface area contributed by atoms with Gasteiger partial charge in [0.15, 0.2) is 20.3 Å². The van der Waals surface area contributed by atoms with Crippen LogP contribution in [0.25, 0.3) is 0 Å². The van der Waals surface area contributed by atoms with Crippen molar-refractivity contribution in [3.05, 3.63) is 61.1 Å². The molecule has 264 valence electrons. The van der Waals surface area contributed by atoms with E-state index < -0.39 is 50.8 Å². The third-order valence-electron chi connectivity index (χ3n) is 9.57. The van der Waals surface area contributed by atoms with Crippen LogP contribution in [-0.2, 0) is 37.7 Å². The number of rotatable bonds is 19. The fourth-order valence-corrected chi connectivity index (χ4v) is 7.11. The van der Waals surface area contributed by atoms with E-state index in [1.165, 1.54) is 7.11 Å². The van der Waals surface area contributed by atoms with E-state index in [4.69, 9.17) is 23.4 Å². The van der Waals surface area contributed by atoms with Gasteiger partial charge >= 0.3 is 5.97 Å². The summed E-state index contributed by atoms with van der Waals surface area (Å²) in [4.78, 5) is 25.0. The first kappa shape index (κ1) is 38.9. The minimum absolute atomic E-state index is 0.0425. The van der Waals surface area contributed by atoms with Gasteiger partial charge in [-0.15, -0.1) is 0 Å². The average Bonchev–Trinajstić information content (AvgIpc) is 3.34. The number of halogens is 1. The summed E-state index contributed by atoms with van der Waals surface area (Å²) in [7, 11) is -0.798. The molecule has 0 spiro atoms. The average molecular weight is 677 g/mol. The molecule has 2 aliphatic heterocycles. The number of methoxy groups -OCH3 is 1. The lowest BCUT2D eigenvalue weighted by Gasteiger charge is -2.39. The molecule has 0 saturated heterocycles. The van der Waals surface area contributed by atoms with E-state index in [2.05, 4.69) is 57.7 Å². The second-order valence-electron chi connectivity index (χ2n) is 14.2. The Labute approximate surface area is 282 Å². The molecule has 0 aromatic carbocycles. The molecule has 3 unspecified atom stereocenters. The maximum absolute atomic E-state index is 15.3. The summed E-state index contributed by atoms with van der Waals surface area (Å²) in [5.74, 6) is -1.61. The zero-order valence-corrected chi connectivity index (χ0v) is 30.4. The van der Waals surface area contributed by atoms with Gasteiger partial charge in [0.05, 0.1) is 37.9 Å². The smallest absolute Gasteiger partial charge is 0.305 e. The van der Waals surface area contributed by atoms with Gasteiger partial charge in [-0.1, -0.05) is 71.3 Å². The van der Waals surface area contributed by atoms with E-state index in [1.54, 1.807) is 30.8 Å². The van der Waals surface area contributed by atoms with Crippen molar-refractivity contribution in [1.82, 2.24) is 0 Å². The minimum Gasteiger partial charge on any atom is -0.469 e. The number of carbonyl (C=O) groups is 2. The van der Waals surface area contributed by atoms with Crippen LogP contribution < -0.4 is 0 Å². The second kappa shape index (κ2) is 18.9. The van der Waals surface area contributed by atoms with Crippen molar-refractivity contribution in [2.24, 2.45) is 11.8 Å². The molecule has 0 amide bonds. The zero-order chi connectivity index (χ0) is 34.5. The molecule has 0 aromatic rings. The molecule has 0 N–H and O–H groups in total. The number of hydrogen-bond donors (Lipinski definition) is 0. The van der Waals surface area contributed by atoms with Crippen molar-refractivity contribution in [3.63, 3.8) is 0 Å². The van der Waals surface area contributed by atoms with Gasteiger partial charge in [0.2, 0.25) is 12.6 Å². The largest absolute Gasteiger partial charge is 0.469 e. The quantitative estimate of drug-likeness (QED) is 0.0583. The van der Waals surface area contributed by atoms with Gasteiger partial charge in [0, 0.05) is 31.1 Å². The zero-order valence-electron chi connectivity index (χ0n) is 29.4. The maximum Gasteiger partial charge on any atom is 0.305 e. The van der Waals surface area contributed by atoms with Crippen LogP contribution in [0.5, 0.6) is 0 Å². The Kier molecular flexibility index (Phi) is 15.6. The number of allylic oxidation sites excluding steroid dienone is 4. The summed E-state index contributed by atoms with van der Waals surface area (Å²) < 4.78 is 51.2. The van der Waals surface area contributed by atoms with Gasteiger partial charge in [0.25, 0.3) is 0 Å². The summed E-state index contributed by atoms with van der Waals surface area (Å²) in [5.41, 5.74) is 0. The Balaban J connectivity index is 1.91. The Hall–Kier alpha value is -2.53. The predicted molar refractivity (Wildman–Crippen MR) is 183 cm³/mol. The summed E-state index contributed by atoms with van der Waals surface area (Å²) in [5, 5.41) is 0.0425. The molecule has 8 atom stereocenters. The highest BCUT2D eigenvalue weighted by atomic mass is 28.4. The monoisotopic (exact) mass is 676 g/mol. The fourth-order valence-electron chi connectivity index (χ4n) is 5.80. The normalized spacial score (nSPS) is 27.1. The Bertz CT molecular complexity index is 1140. The van der Waals surface area contributed by atoms with Crippen LogP contribution in [-0.4, -0.2) is 64.2 Å². The topological polar surface area (TPSA) is 89.5 Å². The van der Waals surface area contributed by atoms with Crippen molar-refractivity contribution < 1.29 is 42.1 Å². The summed E-state index contributed by atoms with van der Waals surface area (Å²) in [6.07, 6.45) is 19.3. The molecule has 1 saturated carbocycles. The van der Waals surface area contributed by atoms with Crippen LogP contribution in [0.2, 0.25) is 18.1 Å². The molecule has 10 heteroatoms. The van der Waals surface area contributed by atoms with Crippen molar-refractivity contribution >= 4 is 20.1 Å². The van der Waals surface area contributed by atoms with Crippen molar-refractivity contribution in [2.45, 2.75) is 141 Å². The molecule has 8 nitrogen and oxygen atoms in total. The maximum atomic E-state index is 15.3. The molecule has 0 aromatic heterocycles. The Morgan fingerprint density at radius 3 is 2.15 bits per heavy atom. The third kappa shape index (κ3) is 12.5. The highest BCUT2D eigenvalue weighted by Crippen LogP contribution is 2.43. The van der Waals surface area contributed by atoms with Gasteiger partial charge in [-0.3, -0.25) is 9.59 Å². The standard InChI is InChI=1S/C37H57FO8Si/c1-8-9-10-16-27(46-47(6,7)37(2,3)4)21-22-28-29(25-31(39)30(38)17-15-18-34(40)41-5)33(45-36-20-12-14-24-43-36)26-32(28)44-35-19-11-13-23-42-35/h11-14,19-24,27-30,32-33,35-36H,8-10,15-18,25-26H2,1-7H3/b22-21+/t27?,28?,29-,30?,32-,33+,35-,36-/m1/s1. The number of Topliss-reactive ketones (excluding diaryl/α,β-unsaturated/α-hetero) is 1. The molecule has 0 bridgehead atoms.